The van der Waals surface area contributed by atoms with Gasteiger partial charge >= 0.3 is 123 Å². The fourth-order valence-electron chi connectivity index (χ4n) is 2.67. The topological polar surface area (TPSA) is 38.0 Å². The van der Waals surface area contributed by atoms with E-state index < -0.39 is 18.4 Å². The van der Waals surface area contributed by atoms with Crippen LogP contribution in [0.5, 0.6) is 0 Å². The van der Waals surface area contributed by atoms with Crippen LogP contribution in [-0.2, 0) is 13.7 Å². The number of nitrogens with zero attached hydrogens (tertiary/aromatic N) is 2. The molecule has 0 saturated heterocycles. The van der Waals surface area contributed by atoms with Gasteiger partial charge < -0.3 is 0 Å². The summed E-state index contributed by atoms with van der Waals surface area (Å²) in [4.78, 5) is 11.9. The predicted octanol–water partition coefficient (Wildman–Crippen LogP) is 2.76. The van der Waals surface area contributed by atoms with Crippen LogP contribution in [-0.4, -0.2) is 33.0 Å². The summed E-state index contributed by atoms with van der Waals surface area (Å²) in [5.41, 5.74) is 2.88. The maximum atomic E-state index is 9.25. The molecule has 0 unspecified atom stereocenters. The summed E-state index contributed by atoms with van der Waals surface area (Å²) in [7, 11) is 2.04. The van der Waals surface area contributed by atoms with Crippen LogP contribution in [0.1, 0.15) is 5.69 Å². The van der Waals surface area contributed by atoms with Gasteiger partial charge in [0.1, 0.15) is 0 Å². The van der Waals surface area contributed by atoms with E-state index in [4.69, 9.17) is 0 Å². The number of benzene rings is 1. The van der Waals surface area contributed by atoms with Crippen LogP contribution in [0.2, 0.25) is 14.8 Å². The molecule has 1 aromatic carbocycles. The Morgan fingerprint density at radius 1 is 1.10 bits per heavy atom. The van der Waals surface area contributed by atoms with E-state index in [0.29, 0.717) is 0 Å². The molecule has 2 aromatic heterocycles. The molecule has 4 heteroatoms. The van der Waals surface area contributed by atoms with Gasteiger partial charge in [0.15, 0.2) is 0 Å². The summed E-state index contributed by atoms with van der Waals surface area (Å²) in [6.07, 6.45) is 0. The van der Waals surface area contributed by atoms with E-state index in [1.165, 1.54) is 19.9 Å². The molecule has 104 valence electrons. The van der Waals surface area contributed by atoms with Gasteiger partial charge in [0.05, 0.1) is 0 Å². The Labute approximate surface area is 123 Å². The predicted molar refractivity (Wildman–Crippen MR) is 87.1 cm³/mol. The van der Waals surface area contributed by atoms with E-state index in [9.17, 15) is 5.11 Å². The van der Waals surface area contributed by atoms with Crippen molar-refractivity contribution in [2.75, 3.05) is 0 Å². The fraction of sp³-hybridized carbons (Fsp3) is 0.312. The SMILES string of the molecule is Cn1c2cc[c]([Sn]([CH3])([CH3])[CH3])cc2c2ccc(CO)nc21. The van der Waals surface area contributed by atoms with E-state index in [1.807, 2.05) is 13.1 Å². The molecule has 0 fully saturated rings. The molecular weight excluding hydrogens is 355 g/mol. The second-order valence-electron chi connectivity index (χ2n) is 6.37. The van der Waals surface area contributed by atoms with E-state index in [-0.39, 0.29) is 6.61 Å². The van der Waals surface area contributed by atoms with Crippen molar-refractivity contribution in [3.63, 3.8) is 0 Å². The molecule has 0 aliphatic rings. The Bertz CT molecular complexity index is 799. The van der Waals surface area contributed by atoms with Crippen LogP contribution in [0.15, 0.2) is 30.3 Å². The molecule has 0 bridgehead atoms. The van der Waals surface area contributed by atoms with Crippen molar-refractivity contribution in [3.05, 3.63) is 36.0 Å². The summed E-state index contributed by atoms with van der Waals surface area (Å²) >= 11 is -2.06. The number of aromatic nitrogens is 2. The quantitative estimate of drug-likeness (QED) is 0.700. The van der Waals surface area contributed by atoms with Crippen LogP contribution >= 0.6 is 0 Å². The summed E-state index contributed by atoms with van der Waals surface area (Å²) < 4.78 is 3.65. The zero-order valence-electron chi connectivity index (χ0n) is 12.4. The first kappa shape index (κ1) is 13.9. The van der Waals surface area contributed by atoms with Gasteiger partial charge in [-0.15, -0.1) is 0 Å². The molecule has 1 N–H and O–H groups in total. The average Bonchev–Trinajstić information content (AvgIpc) is 2.70. The summed E-state index contributed by atoms with van der Waals surface area (Å²) in [5, 5.41) is 11.7. The Morgan fingerprint density at radius 3 is 2.50 bits per heavy atom. The van der Waals surface area contributed by atoms with Crippen LogP contribution < -0.4 is 3.58 Å². The van der Waals surface area contributed by atoms with Crippen molar-refractivity contribution in [1.29, 1.82) is 0 Å². The van der Waals surface area contributed by atoms with Crippen molar-refractivity contribution in [1.82, 2.24) is 9.55 Å². The Kier molecular flexibility index (Phi) is 3.29. The zero-order chi connectivity index (χ0) is 14.5. The number of hydrogen-bond donors (Lipinski definition) is 1. The zero-order valence-corrected chi connectivity index (χ0v) is 15.3. The number of rotatable bonds is 2. The van der Waals surface area contributed by atoms with Gasteiger partial charge in [-0.2, -0.15) is 0 Å². The van der Waals surface area contributed by atoms with Crippen molar-refractivity contribution < 1.29 is 5.11 Å². The molecule has 2 heterocycles. The second kappa shape index (κ2) is 4.74. The van der Waals surface area contributed by atoms with E-state index >= 15 is 0 Å². The average molecular weight is 375 g/mol. The molecule has 0 aliphatic heterocycles. The van der Waals surface area contributed by atoms with Gasteiger partial charge in [0, 0.05) is 0 Å². The number of fused-ring (bicyclic) bond motifs is 3. The molecule has 0 spiro atoms. The first-order valence-electron chi connectivity index (χ1n) is 6.91. The van der Waals surface area contributed by atoms with Gasteiger partial charge in [-0.25, -0.2) is 0 Å². The summed E-state index contributed by atoms with van der Waals surface area (Å²) in [5.74, 6) is 0. The number of pyridine rings is 1. The third-order valence-corrected chi connectivity index (χ3v) is 9.76. The molecule has 20 heavy (non-hydrogen) atoms. The third kappa shape index (κ3) is 2.13. The molecule has 3 nitrogen and oxygen atoms in total. The molecule has 0 amide bonds. The molecule has 3 rings (SSSR count). The first-order chi connectivity index (χ1) is 9.41. The summed E-state index contributed by atoms with van der Waals surface area (Å²) in [6, 6.07) is 10.8. The van der Waals surface area contributed by atoms with Gasteiger partial charge in [-0.05, 0) is 0 Å². The van der Waals surface area contributed by atoms with Crippen LogP contribution in [0.4, 0.5) is 0 Å². The second-order valence-corrected chi connectivity index (χ2v) is 20.9. The van der Waals surface area contributed by atoms with E-state index in [2.05, 4.69) is 48.6 Å². The van der Waals surface area contributed by atoms with Crippen LogP contribution in [0.3, 0.4) is 0 Å². The minimum absolute atomic E-state index is 0.0127. The first-order valence-corrected chi connectivity index (χ1v) is 16.9. The Hall–Kier alpha value is -1.07. The van der Waals surface area contributed by atoms with Gasteiger partial charge in [0.25, 0.3) is 0 Å². The Morgan fingerprint density at radius 2 is 1.85 bits per heavy atom. The van der Waals surface area contributed by atoms with Crippen molar-refractivity contribution in [3.8, 4) is 0 Å². The van der Waals surface area contributed by atoms with E-state index in [1.54, 1.807) is 0 Å². The standard InChI is InChI=1S/C13H11N2O.3CH3.Sn/c1-15-12-5-3-2-4-10(12)11-7-6-9(8-16)14-13(11)15;;;;/h3-7,16H,8H2,1H3;3*1H3;. The number of aliphatic hydroxyl groups is 1. The minimum atomic E-state index is -2.06. The Balaban J connectivity index is 2.37. The van der Waals surface area contributed by atoms with Crippen molar-refractivity contribution >= 4 is 43.9 Å². The molecule has 0 atom stereocenters. The molecule has 0 radical (unpaired) electrons. The molecule has 3 aromatic rings. The van der Waals surface area contributed by atoms with Crippen LogP contribution in [0, 0.1) is 0 Å². The fourth-order valence-corrected chi connectivity index (χ4v) is 5.98. The van der Waals surface area contributed by atoms with Gasteiger partial charge in [-0.3, -0.25) is 0 Å². The molecule has 0 saturated carbocycles. The number of hydrogen-bond acceptors (Lipinski definition) is 2. The molecular formula is C16H20N2OSn. The molecule has 0 aliphatic carbocycles. The van der Waals surface area contributed by atoms with Gasteiger partial charge in [0.2, 0.25) is 0 Å². The van der Waals surface area contributed by atoms with Gasteiger partial charge in [-0.1, -0.05) is 0 Å². The normalized spacial score (nSPS) is 12.4. The maximum absolute atomic E-state index is 9.25. The third-order valence-electron chi connectivity index (χ3n) is 3.93. The number of aryl methyl sites for hydroxylation is 1. The van der Waals surface area contributed by atoms with Crippen molar-refractivity contribution in [2.45, 2.75) is 21.4 Å². The van der Waals surface area contributed by atoms with Crippen LogP contribution in [0.25, 0.3) is 21.9 Å². The van der Waals surface area contributed by atoms with Crippen molar-refractivity contribution in [2.24, 2.45) is 7.05 Å². The monoisotopic (exact) mass is 376 g/mol. The van der Waals surface area contributed by atoms with E-state index in [0.717, 1.165) is 11.3 Å². The number of aliphatic hydroxyl groups excluding tert-OH is 1. The summed E-state index contributed by atoms with van der Waals surface area (Å²) in [6.45, 7) is -0.0127.